The molecule has 70 valence electrons. The predicted molar refractivity (Wildman–Crippen MR) is 55.2 cm³/mol. The van der Waals surface area contributed by atoms with Crippen molar-refractivity contribution in [3.63, 3.8) is 0 Å². The lowest BCUT2D eigenvalue weighted by molar-refractivity contribution is -0.107. The Morgan fingerprint density at radius 2 is 2.00 bits per heavy atom. The molecule has 1 aromatic rings. The molecule has 0 unspecified atom stereocenters. The molecular formula is C10H14N2O. The van der Waals surface area contributed by atoms with E-state index in [4.69, 9.17) is 0 Å². The molecule has 0 amide bonds. The molecular weight excluding hydrogens is 164 g/mol. The molecule has 1 aromatic carbocycles. The van der Waals surface area contributed by atoms with E-state index in [2.05, 4.69) is 10.6 Å². The van der Waals surface area contributed by atoms with Gasteiger partial charge in [-0.2, -0.15) is 0 Å². The van der Waals surface area contributed by atoms with Crippen LogP contribution in [0, 0.1) is 0 Å². The Kier molecular flexibility index (Phi) is 3.82. The number of carbonyl (C=O) groups is 1. The van der Waals surface area contributed by atoms with Gasteiger partial charge >= 0.3 is 0 Å². The third-order valence-electron chi connectivity index (χ3n) is 1.77. The fourth-order valence-electron chi connectivity index (χ4n) is 1.12. The quantitative estimate of drug-likeness (QED) is 0.533. The first-order valence-electron chi connectivity index (χ1n) is 4.32. The van der Waals surface area contributed by atoms with E-state index < -0.39 is 0 Å². The smallest absolute Gasteiger partial charge is 0.121 e. The Morgan fingerprint density at radius 3 is 2.62 bits per heavy atom. The van der Waals surface area contributed by atoms with Crippen molar-refractivity contribution < 1.29 is 4.79 Å². The van der Waals surface area contributed by atoms with Gasteiger partial charge in [-0.3, -0.25) is 0 Å². The van der Waals surface area contributed by atoms with E-state index in [9.17, 15) is 4.79 Å². The van der Waals surface area contributed by atoms with Crippen molar-refractivity contribution in [2.45, 2.75) is 6.42 Å². The highest BCUT2D eigenvalue weighted by molar-refractivity contribution is 5.68. The first-order chi connectivity index (χ1) is 6.38. The van der Waals surface area contributed by atoms with Gasteiger partial charge in [-0.25, -0.2) is 0 Å². The summed E-state index contributed by atoms with van der Waals surface area (Å²) >= 11 is 0. The second-order valence-corrected chi connectivity index (χ2v) is 2.68. The zero-order chi connectivity index (χ0) is 9.52. The average Bonchev–Trinajstić information content (AvgIpc) is 2.19. The fourth-order valence-corrected chi connectivity index (χ4v) is 1.12. The lowest BCUT2D eigenvalue weighted by atomic mass is 10.2. The summed E-state index contributed by atoms with van der Waals surface area (Å²) in [4.78, 5) is 10.1. The second kappa shape index (κ2) is 5.19. The van der Waals surface area contributed by atoms with Crippen LogP contribution in [0.15, 0.2) is 24.3 Å². The van der Waals surface area contributed by atoms with E-state index in [-0.39, 0.29) is 0 Å². The molecule has 3 nitrogen and oxygen atoms in total. The number of hydrogen-bond donors (Lipinski definition) is 2. The van der Waals surface area contributed by atoms with Gasteiger partial charge in [-0.15, -0.1) is 0 Å². The molecule has 0 atom stereocenters. The summed E-state index contributed by atoms with van der Waals surface area (Å²) < 4.78 is 0. The molecule has 0 radical (unpaired) electrons. The number of anilines is 2. The number of para-hydroxylation sites is 2. The van der Waals surface area contributed by atoms with E-state index in [0.717, 1.165) is 17.7 Å². The maximum absolute atomic E-state index is 10.1. The first-order valence-corrected chi connectivity index (χ1v) is 4.32. The maximum atomic E-state index is 10.1. The molecule has 0 saturated heterocycles. The third kappa shape index (κ3) is 2.78. The highest BCUT2D eigenvalue weighted by atomic mass is 16.1. The number of carbonyl (C=O) groups excluding carboxylic acids is 1. The summed E-state index contributed by atoms with van der Waals surface area (Å²) in [6.07, 6.45) is 1.45. The Balaban J connectivity index is 2.58. The Hall–Kier alpha value is -1.51. The van der Waals surface area contributed by atoms with Gasteiger partial charge in [0.15, 0.2) is 0 Å². The van der Waals surface area contributed by atoms with Gasteiger partial charge < -0.3 is 15.4 Å². The van der Waals surface area contributed by atoms with Crippen LogP contribution in [0.5, 0.6) is 0 Å². The molecule has 1 rings (SSSR count). The lowest BCUT2D eigenvalue weighted by Crippen LogP contribution is -2.04. The first kappa shape index (κ1) is 9.58. The van der Waals surface area contributed by atoms with Crippen molar-refractivity contribution in [2.75, 3.05) is 24.2 Å². The van der Waals surface area contributed by atoms with E-state index >= 15 is 0 Å². The van der Waals surface area contributed by atoms with Crippen LogP contribution in [0.2, 0.25) is 0 Å². The maximum Gasteiger partial charge on any atom is 0.121 e. The van der Waals surface area contributed by atoms with Gasteiger partial charge in [0.2, 0.25) is 0 Å². The summed E-state index contributed by atoms with van der Waals surface area (Å²) in [6.45, 7) is 0.683. The number of hydrogen-bond acceptors (Lipinski definition) is 3. The highest BCUT2D eigenvalue weighted by Gasteiger charge is 1.96. The number of benzene rings is 1. The Bertz CT molecular complexity index is 273. The molecule has 13 heavy (non-hydrogen) atoms. The molecule has 2 N–H and O–H groups in total. The molecule has 0 aromatic heterocycles. The van der Waals surface area contributed by atoms with Gasteiger partial charge in [-0.05, 0) is 12.1 Å². The van der Waals surface area contributed by atoms with Crippen molar-refractivity contribution in [2.24, 2.45) is 0 Å². The van der Waals surface area contributed by atoms with Crippen molar-refractivity contribution >= 4 is 17.7 Å². The van der Waals surface area contributed by atoms with Gasteiger partial charge in [0.05, 0.1) is 11.4 Å². The normalized spacial score (nSPS) is 9.31. The standard InChI is InChI=1S/C10H14N2O/c1-11-9-5-2-3-6-10(9)12-7-4-8-13/h2-3,5-6,8,11-12H,4,7H2,1H3. The minimum Gasteiger partial charge on any atom is -0.386 e. The molecule has 0 saturated carbocycles. The number of aldehydes is 1. The molecule has 0 bridgehead atoms. The zero-order valence-electron chi connectivity index (χ0n) is 7.71. The molecule has 3 heteroatoms. The van der Waals surface area contributed by atoms with Crippen molar-refractivity contribution in [3.05, 3.63) is 24.3 Å². The van der Waals surface area contributed by atoms with Gasteiger partial charge in [-0.1, -0.05) is 12.1 Å². The molecule has 0 aliphatic carbocycles. The molecule has 0 spiro atoms. The summed E-state index contributed by atoms with van der Waals surface area (Å²) in [7, 11) is 1.88. The van der Waals surface area contributed by atoms with Crippen LogP contribution in [0.4, 0.5) is 11.4 Å². The van der Waals surface area contributed by atoms with E-state index in [1.165, 1.54) is 0 Å². The lowest BCUT2D eigenvalue weighted by Gasteiger charge is -2.09. The Morgan fingerprint density at radius 1 is 1.31 bits per heavy atom. The third-order valence-corrected chi connectivity index (χ3v) is 1.77. The summed E-state index contributed by atoms with van der Waals surface area (Å²) in [5.74, 6) is 0. The van der Waals surface area contributed by atoms with Gasteiger partial charge in [0, 0.05) is 20.0 Å². The van der Waals surface area contributed by atoms with Gasteiger partial charge in [0.1, 0.15) is 6.29 Å². The minimum absolute atomic E-state index is 0.540. The van der Waals surface area contributed by atoms with Gasteiger partial charge in [0.25, 0.3) is 0 Å². The molecule has 0 aliphatic heterocycles. The van der Waals surface area contributed by atoms with Crippen LogP contribution < -0.4 is 10.6 Å². The van der Waals surface area contributed by atoms with Crippen molar-refractivity contribution in [3.8, 4) is 0 Å². The van der Waals surface area contributed by atoms with E-state index in [1.54, 1.807) is 0 Å². The molecule has 0 heterocycles. The largest absolute Gasteiger partial charge is 0.386 e. The SMILES string of the molecule is CNc1ccccc1NCCC=O. The number of nitrogens with one attached hydrogen (secondary N) is 2. The minimum atomic E-state index is 0.540. The van der Waals surface area contributed by atoms with Crippen LogP contribution in [0.25, 0.3) is 0 Å². The topological polar surface area (TPSA) is 41.1 Å². The number of rotatable bonds is 5. The molecule has 0 aliphatic rings. The average molecular weight is 178 g/mol. The van der Waals surface area contributed by atoms with Crippen LogP contribution in [-0.2, 0) is 4.79 Å². The fraction of sp³-hybridized carbons (Fsp3) is 0.300. The predicted octanol–water partition coefficient (Wildman–Crippen LogP) is 1.73. The Labute approximate surface area is 78.2 Å². The summed E-state index contributed by atoms with van der Waals surface area (Å²) in [5, 5.41) is 6.24. The van der Waals surface area contributed by atoms with E-state index in [1.807, 2.05) is 31.3 Å². The highest BCUT2D eigenvalue weighted by Crippen LogP contribution is 2.19. The summed E-state index contributed by atoms with van der Waals surface area (Å²) in [6, 6.07) is 7.90. The summed E-state index contributed by atoms with van der Waals surface area (Å²) in [5.41, 5.74) is 2.08. The second-order valence-electron chi connectivity index (χ2n) is 2.68. The zero-order valence-corrected chi connectivity index (χ0v) is 7.71. The molecule has 0 fully saturated rings. The van der Waals surface area contributed by atoms with Crippen molar-refractivity contribution in [1.82, 2.24) is 0 Å². The monoisotopic (exact) mass is 178 g/mol. The van der Waals surface area contributed by atoms with Crippen LogP contribution in [0.3, 0.4) is 0 Å². The van der Waals surface area contributed by atoms with Crippen LogP contribution in [0.1, 0.15) is 6.42 Å². The van der Waals surface area contributed by atoms with Crippen LogP contribution in [-0.4, -0.2) is 19.9 Å². The van der Waals surface area contributed by atoms with Crippen LogP contribution >= 0.6 is 0 Å². The van der Waals surface area contributed by atoms with Crippen molar-refractivity contribution in [1.29, 1.82) is 0 Å². The van der Waals surface area contributed by atoms with E-state index in [0.29, 0.717) is 13.0 Å².